The van der Waals surface area contributed by atoms with Crippen LogP contribution in [-0.2, 0) is 10.0 Å². The first-order valence-electron chi connectivity index (χ1n) is 4.82. The third-order valence-corrected chi connectivity index (χ3v) is 3.74. The Bertz CT molecular complexity index is 530. The molecular weight excluding hydrogens is 268 g/mol. The van der Waals surface area contributed by atoms with Gasteiger partial charge in [-0.05, 0) is 18.6 Å². The summed E-state index contributed by atoms with van der Waals surface area (Å²) in [6, 6.07) is 3.37. The number of nitrogens with one attached hydrogen (secondary N) is 1. The van der Waals surface area contributed by atoms with E-state index in [-0.39, 0.29) is 16.5 Å². The van der Waals surface area contributed by atoms with E-state index in [1.807, 2.05) is 6.92 Å². The Kier molecular flexibility index (Phi) is 4.44. The molecule has 0 radical (unpaired) electrons. The summed E-state index contributed by atoms with van der Waals surface area (Å²) in [4.78, 5) is 9.74. The second-order valence-corrected chi connectivity index (χ2v) is 5.44. The van der Waals surface area contributed by atoms with Gasteiger partial charge in [-0.15, -0.1) is 0 Å². The fraction of sp³-hybridized carbons (Fsp3) is 0.333. The Balaban J connectivity index is 3.16. The third-order valence-electron chi connectivity index (χ3n) is 1.97. The van der Waals surface area contributed by atoms with Gasteiger partial charge in [-0.25, -0.2) is 13.1 Å². The second kappa shape index (κ2) is 5.44. The van der Waals surface area contributed by atoms with Crippen LogP contribution in [0.2, 0.25) is 5.02 Å². The van der Waals surface area contributed by atoms with Crippen LogP contribution in [0.3, 0.4) is 0 Å². The van der Waals surface area contributed by atoms with Gasteiger partial charge in [0.15, 0.2) is 0 Å². The average Bonchev–Trinajstić information content (AvgIpc) is 2.26. The number of benzene rings is 1. The van der Waals surface area contributed by atoms with Crippen LogP contribution in [0.5, 0.6) is 0 Å². The van der Waals surface area contributed by atoms with E-state index >= 15 is 0 Å². The van der Waals surface area contributed by atoms with Gasteiger partial charge in [0.1, 0.15) is 5.02 Å². The fourth-order valence-electron chi connectivity index (χ4n) is 1.12. The molecule has 1 rings (SSSR count). The topological polar surface area (TPSA) is 89.3 Å². The van der Waals surface area contributed by atoms with Crippen molar-refractivity contribution < 1.29 is 13.3 Å². The number of sulfonamides is 1. The molecule has 0 aromatic heterocycles. The van der Waals surface area contributed by atoms with Gasteiger partial charge < -0.3 is 0 Å². The van der Waals surface area contributed by atoms with Crippen molar-refractivity contribution in [3.63, 3.8) is 0 Å². The first-order valence-corrected chi connectivity index (χ1v) is 6.68. The lowest BCUT2D eigenvalue weighted by Gasteiger charge is -2.05. The van der Waals surface area contributed by atoms with Gasteiger partial charge in [0.05, 0.1) is 9.82 Å². The van der Waals surface area contributed by atoms with Crippen molar-refractivity contribution in [3.8, 4) is 0 Å². The Morgan fingerprint density at radius 2 is 2.12 bits per heavy atom. The van der Waals surface area contributed by atoms with Gasteiger partial charge in [-0.1, -0.05) is 18.5 Å². The SMILES string of the molecule is CCCNS(=O)(=O)c1ccc(Cl)c([N+](=O)[O-])c1. The molecule has 0 saturated carbocycles. The molecular formula is C9H11ClN2O4S. The molecule has 0 heterocycles. The molecule has 94 valence electrons. The van der Waals surface area contributed by atoms with E-state index in [0.717, 1.165) is 6.07 Å². The van der Waals surface area contributed by atoms with Crippen molar-refractivity contribution in [1.82, 2.24) is 4.72 Å². The van der Waals surface area contributed by atoms with E-state index in [1.54, 1.807) is 0 Å². The smallest absolute Gasteiger partial charge is 0.258 e. The predicted molar refractivity (Wildman–Crippen MR) is 63.6 cm³/mol. The summed E-state index contributed by atoms with van der Waals surface area (Å²) >= 11 is 5.59. The first-order chi connectivity index (χ1) is 7.88. The minimum atomic E-state index is -3.71. The lowest BCUT2D eigenvalue weighted by Crippen LogP contribution is -2.24. The summed E-state index contributed by atoms with van der Waals surface area (Å²) in [6.45, 7) is 2.09. The zero-order valence-electron chi connectivity index (χ0n) is 9.01. The van der Waals surface area contributed by atoms with Crippen LogP contribution in [0.1, 0.15) is 13.3 Å². The van der Waals surface area contributed by atoms with Gasteiger partial charge >= 0.3 is 0 Å². The number of nitro groups is 1. The van der Waals surface area contributed by atoms with Crippen LogP contribution in [0.25, 0.3) is 0 Å². The van der Waals surface area contributed by atoms with Crippen molar-refractivity contribution in [3.05, 3.63) is 33.3 Å². The maximum atomic E-state index is 11.7. The monoisotopic (exact) mass is 278 g/mol. The average molecular weight is 279 g/mol. The highest BCUT2D eigenvalue weighted by atomic mass is 35.5. The number of hydrogen-bond donors (Lipinski definition) is 1. The number of nitro benzene ring substituents is 1. The predicted octanol–water partition coefficient (Wildman–Crippen LogP) is 1.94. The van der Waals surface area contributed by atoms with Crippen LogP contribution in [-0.4, -0.2) is 19.9 Å². The summed E-state index contributed by atoms with van der Waals surface area (Å²) < 4.78 is 25.7. The van der Waals surface area contributed by atoms with Crippen molar-refractivity contribution in [1.29, 1.82) is 0 Å². The minimum Gasteiger partial charge on any atom is -0.258 e. The molecule has 0 fully saturated rings. The van der Waals surface area contributed by atoms with E-state index in [9.17, 15) is 18.5 Å². The summed E-state index contributed by atoms with van der Waals surface area (Å²) in [7, 11) is -3.71. The van der Waals surface area contributed by atoms with E-state index in [0.29, 0.717) is 6.42 Å². The number of halogens is 1. The van der Waals surface area contributed by atoms with Gasteiger partial charge in [0.25, 0.3) is 5.69 Å². The molecule has 8 heteroatoms. The van der Waals surface area contributed by atoms with Crippen LogP contribution in [0, 0.1) is 10.1 Å². The van der Waals surface area contributed by atoms with Crippen LogP contribution < -0.4 is 4.72 Å². The summed E-state index contributed by atoms with van der Waals surface area (Å²) in [6.07, 6.45) is 0.634. The van der Waals surface area contributed by atoms with Crippen LogP contribution >= 0.6 is 11.6 Å². The highest BCUT2D eigenvalue weighted by molar-refractivity contribution is 7.89. The van der Waals surface area contributed by atoms with Crippen molar-refractivity contribution in [2.75, 3.05) is 6.54 Å². The molecule has 0 aliphatic carbocycles. The highest BCUT2D eigenvalue weighted by Gasteiger charge is 2.19. The second-order valence-electron chi connectivity index (χ2n) is 3.27. The number of nitrogens with zero attached hydrogens (tertiary/aromatic N) is 1. The molecule has 1 aromatic rings. The molecule has 0 bridgehead atoms. The van der Waals surface area contributed by atoms with Gasteiger partial charge in [0.2, 0.25) is 10.0 Å². The van der Waals surface area contributed by atoms with Gasteiger partial charge in [-0.2, -0.15) is 0 Å². The van der Waals surface area contributed by atoms with Gasteiger partial charge in [0, 0.05) is 12.6 Å². The molecule has 6 nitrogen and oxygen atoms in total. The standard InChI is InChI=1S/C9H11ClN2O4S/c1-2-5-11-17(15,16)7-3-4-8(10)9(6-7)12(13)14/h3-4,6,11H,2,5H2,1H3. The molecule has 0 amide bonds. The zero-order valence-corrected chi connectivity index (χ0v) is 10.6. The van der Waals surface area contributed by atoms with Crippen molar-refractivity contribution in [2.45, 2.75) is 18.2 Å². The first kappa shape index (κ1) is 13.9. The molecule has 1 aromatic carbocycles. The molecule has 0 atom stereocenters. The Morgan fingerprint density at radius 3 is 2.65 bits per heavy atom. The molecule has 0 spiro atoms. The molecule has 0 unspecified atom stereocenters. The number of rotatable bonds is 5. The summed E-state index contributed by atoms with van der Waals surface area (Å²) in [5.41, 5.74) is -0.425. The molecule has 0 saturated heterocycles. The maximum Gasteiger partial charge on any atom is 0.289 e. The Hall–Kier alpha value is -1.18. The summed E-state index contributed by atoms with van der Waals surface area (Å²) in [5, 5.41) is 10.5. The normalized spacial score (nSPS) is 11.4. The molecule has 1 N–H and O–H groups in total. The van der Waals surface area contributed by atoms with E-state index < -0.39 is 20.6 Å². The maximum absolute atomic E-state index is 11.7. The third kappa shape index (κ3) is 3.39. The number of hydrogen-bond acceptors (Lipinski definition) is 4. The Morgan fingerprint density at radius 1 is 1.47 bits per heavy atom. The van der Waals surface area contributed by atoms with Crippen molar-refractivity contribution in [2.24, 2.45) is 0 Å². The quantitative estimate of drug-likeness (QED) is 0.658. The molecule has 0 aliphatic heterocycles. The minimum absolute atomic E-state index is 0.0931. The van der Waals surface area contributed by atoms with E-state index in [4.69, 9.17) is 11.6 Å². The lowest BCUT2D eigenvalue weighted by molar-refractivity contribution is -0.384. The molecule has 0 aliphatic rings. The van der Waals surface area contributed by atoms with Crippen molar-refractivity contribution >= 4 is 27.3 Å². The van der Waals surface area contributed by atoms with E-state index in [2.05, 4.69) is 4.72 Å². The van der Waals surface area contributed by atoms with E-state index in [1.165, 1.54) is 12.1 Å². The zero-order chi connectivity index (χ0) is 13.1. The van der Waals surface area contributed by atoms with Crippen LogP contribution in [0.15, 0.2) is 23.1 Å². The van der Waals surface area contributed by atoms with Gasteiger partial charge in [-0.3, -0.25) is 10.1 Å². The fourth-order valence-corrected chi connectivity index (χ4v) is 2.46. The highest BCUT2D eigenvalue weighted by Crippen LogP contribution is 2.26. The summed E-state index contributed by atoms with van der Waals surface area (Å²) in [5.74, 6) is 0. The lowest BCUT2D eigenvalue weighted by atomic mass is 10.3. The Labute approximate surface area is 104 Å². The largest absolute Gasteiger partial charge is 0.289 e. The molecule has 17 heavy (non-hydrogen) atoms. The van der Waals surface area contributed by atoms with Crippen LogP contribution in [0.4, 0.5) is 5.69 Å².